The number of ether oxygens (including phenoxy) is 2. The molecule has 1 aromatic carbocycles. The van der Waals surface area contributed by atoms with Crippen LogP contribution in [0.2, 0.25) is 0 Å². The van der Waals surface area contributed by atoms with Crippen LogP contribution in [0.15, 0.2) is 4.90 Å². The van der Waals surface area contributed by atoms with Crippen molar-refractivity contribution < 1.29 is 45.6 Å². The van der Waals surface area contributed by atoms with Crippen molar-refractivity contribution in [1.82, 2.24) is 0 Å². The van der Waals surface area contributed by atoms with Gasteiger partial charge in [0.05, 0.1) is 20.0 Å². The van der Waals surface area contributed by atoms with Gasteiger partial charge in [-0.2, -0.15) is 16.8 Å². The standard InChI is InChI=1S/C10H15NO10S2/c1-20-8-5(11-3-4-22(14,15)16)6(12)10(23(17,18)19)9(21-2)7(8)13/h11-13H,3-4H2,1-2H3,(H,14,15,16)(H,17,18,19). The van der Waals surface area contributed by atoms with Crippen LogP contribution in [0, 0.1) is 0 Å². The highest BCUT2D eigenvalue weighted by Crippen LogP contribution is 2.52. The molecule has 0 bridgehead atoms. The smallest absolute Gasteiger partial charge is 0.302 e. The zero-order chi connectivity index (χ0) is 18.0. The predicted octanol–water partition coefficient (Wildman–Crippen LogP) is -0.339. The van der Waals surface area contributed by atoms with Gasteiger partial charge in [0.15, 0.2) is 22.1 Å². The minimum atomic E-state index is -5.00. The summed E-state index contributed by atoms with van der Waals surface area (Å²) in [6.07, 6.45) is 0. The molecule has 13 heteroatoms. The molecule has 0 heterocycles. The van der Waals surface area contributed by atoms with E-state index in [0.29, 0.717) is 0 Å². The molecule has 11 nitrogen and oxygen atoms in total. The van der Waals surface area contributed by atoms with E-state index in [-0.39, 0.29) is 0 Å². The highest BCUT2D eigenvalue weighted by Gasteiger charge is 2.32. The summed E-state index contributed by atoms with van der Waals surface area (Å²) in [7, 11) is -7.27. The summed E-state index contributed by atoms with van der Waals surface area (Å²) in [4.78, 5) is -1.13. The summed E-state index contributed by atoms with van der Waals surface area (Å²) < 4.78 is 71.3. The molecule has 0 unspecified atom stereocenters. The molecule has 1 rings (SSSR count). The molecule has 132 valence electrons. The van der Waals surface area contributed by atoms with Gasteiger partial charge in [0.25, 0.3) is 10.1 Å². The largest absolute Gasteiger partial charge is 0.504 e. The Kier molecular flexibility index (Phi) is 5.52. The lowest BCUT2D eigenvalue weighted by atomic mass is 10.2. The maximum absolute atomic E-state index is 11.4. The van der Waals surface area contributed by atoms with Crippen molar-refractivity contribution in [3.8, 4) is 23.0 Å². The molecule has 0 radical (unpaired) electrons. The SMILES string of the molecule is COc1c(O)c(OC)c(S(=O)(=O)O)c(O)c1NCCS(=O)(=O)O. The van der Waals surface area contributed by atoms with E-state index in [1.54, 1.807) is 0 Å². The Morgan fingerprint density at radius 2 is 1.48 bits per heavy atom. The molecule has 0 aliphatic heterocycles. The number of aromatic hydroxyl groups is 2. The van der Waals surface area contributed by atoms with E-state index < -0.39 is 66.1 Å². The van der Waals surface area contributed by atoms with E-state index in [2.05, 4.69) is 10.1 Å². The molecule has 0 fully saturated rings. The zero-order valence-electron chi connectivity index (χ0n) is 12.0. The quantitative estimate of drug-likeness (QED) is 0.240. The average Bonchev–Trinajstić information content (AvgIpc) is 2.39. The predicted molar refractivity (Wildman–Crippen MR) is 77.6 cm³/mol. The van der Waals surface area contributed by atoms with Gasteiger partial charge in [-0.15, -0.1) is 0 Å². The second kappa shape index (κ2) is 6.66. The first kappa shape index (κ1) is 19.1. The highest BCUT2D eigenvalue weighted by atomic mass is 32.2. The van der Waals surface area contributed by atoms with Crippen molar-refractivity contribution >= 4 is 25.9 Å². The Bertz CT molecular complexity index is 800. The van der Waals surface area contributed by atoms with Gasteiger partial charge >= 0.3 is 10.1 Å². The lowest BCUT2D eigenvalue weighted by molar-refractivity contribution is 0.324. The molecule has 0 aliphatic rings. The molecule has 0 aliphatic carbocycles. The third-order valence-electron chi connectivity index (χ3n) is 2.64. The van der Waals surface area contributed by atoms with Gasteiger partial charge in [-0.3, -0.25) is 9.11 Å². The van der Waals surface area contributed by atoms with Crippen LogP contribution < -0.4 is 14.8 Å². The number of benzene rings is 1. The monoisotopic (exact) mass is 373 g/mol. The lowest BCUT2D eigenvalue weighted by Gasteiger charge is -2.18. The highest BCUT2D eigenvalue weighted by molar-refractivity contribution is 7.86. The number of rotatable bonds is 7. The number of hydrogen-bond donors (Lipinski definition) is 5. The van der Waals surface area contributed by atoms with Gasteiger partial charge in [-0.1, -0.05) is 0 Å². The van der Waals surface area contributed by atoms with Gasteiger partial charge in [-0.25, -0.2) is 0 Å². The Morgan fingerprint density at radius 3 is 1.87 bits per heavy atom. The normalized spacial score (nSPS) is 12.0. The van der Waals surface area contributed by atoms with Crippen molar-refractivity contribution in [1.29, 1.82) is 0 Å². The summed E-state index contributed by atoms with van der Waals surface area (Å²) in [5.74, 6) is -3.91. The minimum absolute atomic E-state index is 0.456. The fourth-order valence-corrected chi connectivity index (χ4v) is 2.87. The second-order valence-electron chi connectivity index (χ2n) is 4.16. The van der Waals surface area contributed by atoms with E-state index in [1.807, 2.05) is 0 Å². The topological polar surface area (TPSA) is 180 Å². The first-order chi connectivity index (χ1) is 10.4. The Balaban J connectivity index is 3.53. The summed E-state index contributed by atoms with van der Waals surface area (Å²) >= 11 is 0. The second-order valence-corrected chi connectivity index (χ2v) is 7.09. The average molecular weight is 373 g/mol. The van der Waals surface area contributed by atoms with E-state index in [9.17, 15) is 27.0 Å². The van der Waals surface area contributed by atoms with Crippen LogP contribution in [0.4, 0.5) is 5.69 Å². The van der Waals surface area contributed by atoms with Gasteiger partial charge < -0.3 is 25.0 Å². The minimum Gasteiger partial charge on any atom is -0.504 e. The first-order valence-electron chi connectivity index (χ1n) is 5.80. The van der Waals surface area contributed by atoms with Crippen LogP contribution in [0.5, 0.6) is 23.0 Å². The van der Waals surface area contributed by atoms with Crippen LogP contribution in [-0.4, -0.2) is 62.7 Å². The van der Waals surface area contributed by atoms with E-state index in [4.69, 9.17) is 13.8 Å². The Hall–Kier alpha value is -1.96. The molecule has 1 aromatic rings. The molecule has 5 N–H and O–H groups in total. The van der Waals surface area contributed by atoms with Crippen molar-refractivity contribution in [2.45, 2.75) is 4.90 Å². The Morgan fingerprint density at radius 1 is 0.957 bits per heavy atom. The van der Waals surface area contributed by atoms with Crippen molar-refractivity contribution in [3.63, 3.8) is 0 Å². The van der Waals surface area contributed by atoms with E-state index in [1.165, 1.54) is 0 Å². The van der Waals surface area contributed by atoms with Crippen LogP contribution in [0.1, 0.15) is 0 Å². The van der Waals surface area contributed by atoms with Gasteiger partial charge in [0.1, 0.15) is 5.69 Å². The third kappa shape index (κ3) is 4.28. The lowest BCUT2D eigenvalue weighted by Crippen LogP contribution is -2.16. The summed E-state index contributed by atoms with van der Waals surface area (Å²) in [5.41, 5.74) is -0.512. The van der Waals surface area contributed by atoms with Crippen molar-refractivity contribution in [2.24, 2.45) is 0 Å². The fourth-order valence-electron chi connectivity index (χ4n) is 1.75. The summed E-state index contributed by atoms with van der Waals surface area (Å²) in [6.45, 7) is -0.459. The van der Waals surface area contributed by atoms with Gasteiger partial charge in [0, 0.05) is 6.54 Å². The molecular formula is C10H15NO10S2. The maximum atomic E-state index is 11.4. The number of phenols is 2. The van der Waals surface area contributed by atoms with Gasteiger partial charge in [-0.05, 0) is 0 Å². The van der Waals surface area contributed by atoms with Crippen molar-refractivity contribution in [2.75, 3.05) is 31.8 Å². The fraction of sp³-hybridized carbons (Fsp3) is 0.400. The molecule has 0 atom stereocenters. The van der Waals surface area contributed by atoms with Crippen LogP contribution in [-0.2, 0) is 20.2 Å². The Labute approximate surface area is 132 Å². The van der Waals surface area contributed by atoms with Crippen LogP contribution in [0.25, 0.3) is 0 Å². The summed E-state index contributed by atoms with van der Waals surface area (Å²) in [6, 6.07) is 0. The maximum Gasteiger partial charge on any atom is 0.302 e. The summed E-state index contributed by atoms with van der Waals surface area (Å²) in [5, 5.41) is 22.3. The molecule has 0 saturated carbocycles. The number of anilines is 1. The third-order valence-corrected chi connectivity index (χ3v) is 4.26. The molecular weight excluding hydrogens is 358 g/mol. The molecule has 0 amide bonds. The molecule has 0 aromatic heterocycles. The number of hydrogen-bond acceptors (Lipinski definition) is 9. The molecule has 0 spiro atoms. The van der Waals surface area contributed by atoms with E-state index in [0.717, 1.165) is 14.2 Å². The molecule has 23 heavy (non-hydrogen) atoms. The van der Waals surface area contributed by atoms with Crippen LogP contribution in [0.3, 0.4) is 0 Å². The number of phenolic OH excluding ortho intramolecular Hbond substituents is 2. The van der Waals surface area contributed by atoms with Crippen LogP contribution >= 0.6 is 0 Å². The van der Waals surface area contributed by atoms with Crippen molar-refractivity contribution in [3.05, 3.63) is 0 Å². The van der Waals surface area contributed by atoms with Gasteiger partial charge in [0.2, 0.25) is 5.75 Å². The first-order valence-corrected chi connectivity index (χ1v) is 8.85. The van der Waals surface area contributed by atoms with E-state index >= 15 is 0 Å². The number of methoxy groups -OCH3 is 2. The number of nitrogens with one attached hydrogen (secondary N) is 1. The zero-order valence-corrected chi connectivity index (χ0v) is 13.6. The molecule has 0 saturated heterocycles.